The molecule has 1 aliphatic heterocycles. The average molecular weight is 429 g/mol. The van der Waals surface area contributed by atoms with Gasteiger partial charge in [0, 0.05) is 30.9 Å². The predicted octanol–water partition coefficient (Wildman–Crippen LogP) is 0.625. The second-order valence-corrected chi connectivity index (χ2v) is 6.71. The number of anilines is 2. The molecule has 5 N–H and O–H groups in total. The minimum atomic E-state index is -3.16. The Morgan fingerprint density at radius 2 is 2.03 bits per heavy atom. The monoisotopic (exact) mass is 429 g/mol. The molecule has 0 radical (unpaired) electrons. The van der Waals surface area contributed by atoms with Crippen LogP contribution in [0.5, 0.6) is 5.75 Å². The number of alkyl halides is 2. The Balaban J connectivity index is 2.19. The molecule has 2 rings (SSSR count). The Morgan fingerprint density at radius 1 is 1.30 bits per heavy atom. The number of hydrogen-bond acceptors (Lipinski definition) is 6. The first kappa shape index (κ1) is 23.3. The Labute approximate surface area is 172 Å². The van der Waals surface area contributed by atoms with Gasteiger partial charge in [0.2, 0.25) is 5.91 Å². The lowest BCUT2D eigenvalue weighted by atomic mass is 10.2. The molecule has 12 heteroatoms. The third-order valence-electron chi connectivity index (χ3n) is 4.01. The van der Waals surface area contributed by atoms with Crippen LogP contribution >= 0.6 is 0 Å². The number of nitrogens with zero attached hydrogens (tertiary/aromatic N) is 1. The van der Waals surface area contributed by atoms with Crippen LogP contribution in [0.1, 0.15) is 13.8 Å². The molecule has 0 saturated carbocycles. The van der Waals surface area contributed by atoms with Crippen molar-refractivity contribution in [1.82, 2.24) is 10.6 Å². The molecule has 0 bridgehead atoms. The van der Waals surface area contributed by atoms with Crippen LogP contribution in [0.4, 0.5) is 25.0 Å². The van der Waals surface area contributed by atoms with Gasteiger partial charge in [-0.3, -0.25) is 9.59 Å². The fourth-order valence-corrected chi connectivity index (χ4v) is 2.68. The number of halogens is 2. The van der Waals surface area contributed by atoms with E-state index < -0.39 is 24.6 Å². The lowest BCUT2D eigenvalue weighted by molar-refractivity contribution is -0.125. The van der Waals surface area contributed by atoms with Crippen molar-refractivity contribution in [2.45, 2.75) is 32.5 Å². The molecular formula is C18H25F2N5O5. The summed E-state index contributed by atoms with van der Waals surface area (Å²) in [6.07, 6.45) is 0. The number of urea groups is 1. The molecule has 10 nitrogen and oxygen atoms in total. The van der Waals surface area contributed by atoms with Crippen LogP contribution in [-0.2, 0) is 14.3 Å². The van der Waals surface area contributed by atoms with Crippen molar-refractivity contribution in [3.63, 3.8) is 0 Å². The Hall–Kier alpha value is -2.99. The van der Waals surface area contributed by atoms with Crippen LogP contribution in [0.25, 0.3) is 0 Å². The van der Waals surface area contributed by atoms with E-state index in [1.54, 1.807) is 13.8 Å². The van der Waals surface area contributed by atoms with E-state index in [0.29, 0.717) is 12.3 Å². The van der Waals surface area contributed by atoms with E-state index in [1.165, 1.54) is 23.1 Å². The summed E-state index contributed by atoms with van der Waals surface area (Å²) in [7, 11) is 0. The van der Waals surface area contributed by atoms with E-state index in [2.05, 4.69) is 20.7 Å². The van der Waals surface area contributed by atoms with Crippen molar-refractivity contribution >= 4 is 29.2 Å². The largest absolute Gasteiger partial charge is 0.433 e. The number of morpholine rings is 1. The molecule has 1 aliphatic rings. The molecule has 1 atom stereocenters. The van der Waals surface area contributed by atoms with Crippen molar-refractivity contribution in [1.29, 1.82) is 0 Å². The highest BCUT2D eigenvalue weighted by Crippen LogP contribution is 2.32. The van der Waals surface area contributed by atoms with Gasteiger partial charge < -0.3 is 36.1 Å². The third-order valence-corrected chi connectivity index (χ3v) is 4.01. The highest BCUT2D eigenvalue weighted by Gasteiger charge is 2.24. The molecular weight excluding hydrogens is 404 g/mol. The van der Waals surface area contributed by atoms with Gasteiger partial charge >= 0.3 is 12.6 Å². The Morgan fingerprint density at radius 3 is 2.63 bits per heavy atom. The Bertz CT molecular complexity index is 777. The van der Waals surface area contributed by atoms with Gasteiger partial charge in [-0.15, -0.1) is 0 Å². The zero-order valence-electron chi connectivity index (χ0n) is 16.6. The highest BCUT2D eigenvalue weighted by atomic mass is 19.3. The average Bonchev–Trinajstić information content (AvgIpc) is 2.66. The van der Waals surface area contributed by atoms with E-state index in [9.17, 15) is 23.2 Å². The minimum Gasteiger partial charge on any atom is -0.433 e. The summed E-state index contributed by atoms with van der Waals surface area (Å²) in [4.78, 5) is 37.6. The zero-order valence-corrected chi connectivity index (χ0v) is 16.6. The molecule has 0 aliphatic carbocycles. The summed E-state index contributed by atoms with van der Waals surface area (Å²) in [5.41, 5.74) is 5.81. The van der Waals surface area contributed by atoms with Crippen LogP contribution in [0.2, 0.25) is 0 Å². The van der Waals surface area contributed by atoms with Gasteiger partial charge in [0.15, 0.2) is 5.75 Å². The lowest BCUT2D eigenvalue weighted by Gasteiger charge is -2.27. The van der Waals surface area contributed by atoms with Crippen molar-refractivity contribution in [3.05, 3.63) is 18.2 Å². The number of carbonyl (C=O) groups excluding carboxylic acids is 3. The highest BCUT2D eigenvalue weighted by molar-refractivity contribution is 5.99. The van der Waals surface area contributed by atoms with Gasteiger partial charge in [0.1, 0.15) is 12.6 Å². The molecule has 0 aromatic heterocycles. The third kappa shape index (κ3) is 6.52. The molecule has 1 heterocycles. The van der Waals surface area contributed by atoms with E-state index in [4.69, 9.17) is 10.5 Å². The quantitative estimate of drug-likeness (QED) is 0.479. The summed E-state index contributed by atoms with van der Waals surface area (Å²) in [5, 5.41) is 7.38. The van der Waals surface area contributed by atoms with Gasteiger partial charge in [-0.25, -0.2) is 4.79 Å². The van der Waals surface area contributed by atoms with Crippen LogP contribution in [0.15, 0.2) is 18.2 Å². The van der Waals surface area contributed by atoms with Crippen LogP contribution in [-0.4, -0.2) is 62.8 Å². The number of hydrogen-bond donors (Lipinski definition) is 4. The maximum Gasteiger partial charge on any atom is 0.387 e. The van der Waals surface area contributed by atoms with E-state index >= 15 is 0 Å². The first-order valence-corrected chi connectivity index (χ1v) is 9.26. The number of carbonyl (C=O) groups is 3. The lowest BCUT2D eigenvalue weighted by Crippen LogP contribution is -2.52. The van der Waals surface area contributed by atoms with Gasteiger partial charge in [-0.1, -0.05) is 0 Å². The van der Waals surface area contributed by atoms with E-state index in [1.807, 2.05) is 0 Å². The van der Waals surface area contributed by atoms with Gasteiger partial charge in [-0.05, 0) is 26.0 Å². The number of nitrogens with two attached hydrogens (primary N) is 1. The summed E-state index contributed by atoms with van der Waals surface area (Å²) in [5.74, 6) is -1.38. The van der Waals surface area contributed by atoms with Crippen molar-refractivity contribution in [3.8, 4) is 5.75 Å². The van der Waals surface area contributed by atoms with Crippen molar-refractivity contribution < 1.29 is 32.6 Å². The van der Waals surface area contributed by atoms with Crippen molar-refractivity contribution in [2.75, 3.05) is 36.5 Å². The minimum absolute atomic E-state index is 0.0609. The molecule has 1 aromatic carbocycles. The zero-order chi connectivity index (χ0) is 22.3. The van der Waals surface area contributed by atoms with Crippen molar-refractivity contribution in [2.24, 2.45) is 5.73 Å². The maximum absolute atomic E-state index is 12.9. The SMILES string of the molecule is CC(C)NC(=O)N[C@H](CN)C(=O)Nc1ccc(N2CCOCC2=O)cc1OC(F)F. The van der Waals surface area contributed by atoms with E-state index in [-0.39, 0.29) is 43.1 Å². The number of amides is 4. The van der Waals surface area contributed by atoms with E-state index in [0.717, 1.165) is 0 Å². The molecule has 4 amide bonds. The summed E-state index contributed by atoms with van der Waals surface area (Å²) in [6, 6.07) is 2.17. The fourth-order valence-electron chi connectivity index (χ4n) is 2.68. The van der Waals surface area contributed by atoms with Crippen LogP contribution < -0.4 is 31.3 Å². The van der Waals surface area contributed by atoms with Gasteiger partial charge in [-0.2, -0.15) is 8.78 Å². The van der Waals surface area contributed by atoms with Gasteiger partial charge in [0.25, 0.3) is 5.91 Å². The Kier molecular flexibility index (Phi) is 8.30. The summed E-state index contributed by atoms with van der Waals surface area (Å²) < 4.78 is 35.3. The maximum atomic E-state index is 12.9. The fraction of sp³-hybridized carbons (Fsp3) is 0.500. The first-order valence-electron chi connectivity index (χ1n) is 9.26. The van der Waals surface area contributed by atoms with Crippen LogP contribution in [0, 0.1) is 0 Å². The smallest absolute Gasteiger partial charge is 0.387 e. The molecule has 1 fully saturated rings. The topological polar surface area (TPSA) is 135 Å². The summed E-state index contributed by atoms with van der Waals surface area (Å²) in [6.45, 7) is 0.545. The van der Waals surface area contributed by atoms with Crippen LogP contribution in [0.3, 0.4) is 0 Å². The molecule has 0 unspecified atom stereocenters. The second-order valence-electron chi connectivity index (χ2n) is 6.71. The molecule has 0 spiro atoms. The standard InChI is InChI=1S/C18H25F2N5O5/c1-10(2)22-18(28)24-13(8-21)16(27)23-12-4-3-11(7-14(12)30-17(19)20)25-5-6-29-9-15(25)26/h3-4,7,10,13,17H,5-6,8-9,21H2,1-2H3,(H,23,27)(H2,22,24,28)/t13-/m1/s1. The number of ether oxygens (including phenoxy) is 2. The molecule has 1 saturated heterocycles. The van der Waals surface area contributed by atoms with Gasteiger partial charge in [0.05, 0.1) is 12.3 Å². The normalized spacial score (nSPS) is 15.2. The predicted molar refractivity (Wildman–Crippen MR) is 105 cm³/mol. The number of nitrogens with one attached hydrogen (secondary N) is 3. The molecule has 30 heavy (non-hydrogen) atoms. The number of benzene rings is 1. The first-order chi connectivity index (χ1) is 14.2. The summed E-state index contributed by atoms with van der Waals surface area (Å²) >= 11 is 0. The molecule has 166 valence electrons. The molecule has 1 aromatic rings. The second kappa shape index (κ2) is 10.7. The number of rotatable bonds is 8.